The summed E-state index contributed by atoms with van der Waals surface area (Å²) >= 11 is 0. The maximum Gasteiger partial charge on any atom is 0.343 e. The van der Waals surface area contributed by atoms with E-state index in [-0.39, 0.29) is 22.9 Å². The Hall–Kier alpha value is -3.72. The van der Waals surface area contributed by atoms with Gasteiger partial charge in [-0.05, 0) is 63.4 Å². The van der Waals surface area contributed by atoms with Crippen molar-refractivity contribution < 1.29 is 17.9 Å². The average Bonchev–Trinajstić information content (AvgIpc) is 3.17. The van der Waals surface area contributed by atoms with Crippen LogP contribution in [-0.2, 0) is 14.8 Å². The van der Waals surface area contributed by atoms with Crippen LogP contribution in [0.3, 0.4) is 0 Å². The largest absolute Gasteiger partial charge is 0.462 e. The molecule has 0 spiro atoms. The Morgan fingerprint density at radius 3 is 2.50 bits per heavy atom. The van der Waals surface area contributed by atoms with E-state index < -0.39 is 16.0 Å². The molecule has 0 saturated carbocycles. The predicted octanol–water partition coefficient (Wildman–Crippen LogP) is 4.63. The number of benzene rings is 2. The third-order valence-electron chi connectivity index (χ3n) is 5.57. The van der Waals surface area contributed by atoms with Gasteiger partial charge in [0.05, 0.1) is 23.2 Å². The van der Waals surface area contributed by atoms with Crippen LogP contribution >= 0.6 is 0 Å². The lowest BCUT2D eigenvalue weighted by Gasteiger charge is -2.15. The summed E-state index contributed by atoms with van der Waals surface area (Å²) in [5.41, 5.74) is 4.22. The van der Waals surface area contributed by atoms with Crippen molar-refractivity contribution in [3.8, 4) is 5.82 Å². The molecule has 9 heteroatoms. The Morgan fingerprint density at radius 1 is 1.03 bits per heavy atom. The first-order valence-electron chi connectivity index (χ1n) is 10.8. The molecule has 2 aromatic heterocycles. The van der Waals surface area contributed by atoms with Crippen LogP contribution in [0, 0.1) is 27.7 Å². The molecule has 0 atom stereocenters. The summed E-state index contributed by atoms with van der Waals surface area (Å²) < 4.78 is 35.7. The van der Waals surface area contributed by atoms with E-state index in [0.29, 0.717) is 11.4 Å². The van der Waals surface area contributed by atoms with Crippen molar-refractivity contribution in [3.05, 3.63) is 76.5 Å². The maximum absolute atomic E-state index is 13.4. The molecule has 2 aromatic carbocycles. The number of rotatable bonds is 6. The Morgan fingerprint density at radius 2 is 1.79 bits per heavy atom. The number of hydrogen-bond donors (Lipinski definition) is 1. The number of nitrogens with one attached hydrogen (secondary N) is 1. The first-order valence-corrected chi connectivity index (χ1v) is 12.3. The number of hydrogen-bond acceptors (Lipinski definition) is 6. The number of pyridine rings is 1. The zero-order valence-electron chi connectivity index (χ0n) is 19.7. The summed E-state index contributed by atoms with van der Waals surface area (Å²) in [7, 11) is -4.04. The van der Waals surface area contributed by atoms with Gasteiger partial charge in [0.15, 0.2) is 11.6 Å². The number of anilines is 1. The van der Waals surface area contributed by atoms with Crippen molar-refractivity contribution >= 4 is 32.7 Å². The molecular formula is C25H26N4O4S. The quantitative estimate of drug-likeness (QED) is 0.405. The molecule has 0 amide bonds. The zero-order chi connectivity index (χ0) is 24.6. The van der Waals surface area contributed by atoms with Gasteiger partial charge in [-0.1, -0.05) is 35.9 Å². The lowest BCUT2D eigenvalue weighted by Crippen LogP contribution is -2.20. The number of carbonyl (C=O) groups excluding carboxylic acids is 1. The monoisotopic (exact) mass is 478 g/mol. The summed E-state index contributed by atoms with van der Waals surface area (Å²) in [6.07, 6.45) is 1.29. The predicted molar refractivity (Wildman–Crippen MR) is 131 cm³/mol. The minimum atomic E-state index is -4.04. The van der Waals surface area contributed by atoms with E-state index in [1.54, 1.807) is 38.1 Å². The van der Waals surface area contributed by atoms with Gasteiger partial charge in [-0.2, -0.15) is 9.78 Å². The second kappa shape index (κ2) is 8.90. The molecule has 0 bridgehead atoms. The van der Waals surface area contributed by atoms with Crippen molar-refractivity contribution in [3.63, 3.8) is 0 Å². The number of ether oxygens (including phenoxy) is 1. The molecule has 0 aliphatic rings. The fraction of sp³-hybridized carbons (Fsp3) is 0.240. The smallest absolute Gasteiger partial charge is 0.343 e. The number of fused-ring (bicyclic) bond motifs is 1. The third-order valence-corrected chi connectivity index (χ3v) is 7.07. The van der Waals surface area contributed by atoms with Gasteiger partial charge in [0.2, 0.25) is 0 Å². The average molecular weight is 479 g/mol. The van der Waals surface area contributed by atoms with Gasteiger partial charge in [0, 0.05) is 5.39 Å². The van der Waals surface area contributed by atoms with Crippen LogP contribution in [0.1, 0.15) is 39.5 Å². The van der Waals surface area contributed by atoms with Crippen LogP contribution in [0.25, 0.3) is 16.7 Å². The van der Waals surface area contributed by atoms with E-state index in [1.165, 1.54) is 10.9 Å². The van der Waals surface area contributed by atoms with Crippen molar-refractivity contribution in [2.45, 2.75) is 39.5 Å². The van der Waals surface area contributed by atoms with E-state index in [9.17, 15) is 13.2 Å². The van der Waals surface area contributed by atoms with Gasteiger partial charge in [-0.3, -0.25) is 4.72 Å². The Labute approximate surface area is 198 Å². The second-order valence-electron chi connectivity index (χ2n) is 8.18. The highest BCUT2D eigenvalue weighted by atomic mass is 32.2. The molecule has 4 aromatic rings. The zero-order valence-corrected chi connectivity index (χ0v) is 20.5. The molecule has 34 heavy (non-hydrogen) atoms. The van der Waals surface area contributed by atoms with Gasteiger partial charge in [0.25, 0.3) is 10.0 Å². The molecule has 0 fully saturated rings. The van der Waals surface area contributed by atoms with Gasteiger partial charge in [-0.25, -0.2) is 18.2 Å². The highest BCUT2D eigenvalue weighted by molar-refractivity contribution is 7.92. The lowest BCUT2D eigenvalue weighted by molar-refractivity contribution is 0.0527. The summed E-state index contributed by atoms with van der Waals surface area (Å²) in [6.45, 7) is 9.33. The first kappa shape index (κ1) is 23.4. The molecule has 0 aliphatic carbocycles. The van der Waals surface area contributed by atoms with Crippen LogP contribution in [-0.4, -0.2) is 35.8 Å². The van der Waals surface area contributed by atoms with Crippen LogP contribution in [0.4, 0.5) is 5.82 Å². The van der Waals surface area contributed by atoms with Gasteiger partial charge >= 0.3 is 5.97 Å². The summed E-state index contributed by atoms with van der Waals surface area (Å²) in [5, 5.41) is 5.29. The molecule has 0 aliphatic heterocycles. The number of esters is 1. The maximum atomic E-state index is 13.4. The number of sulfonamides is 1. The second-order valence-corrected chi connectivity index (χ2v) is 9.83. The van der Waals surface area contributed by atoms with Gasteiger partial charge < -0.3 is 4.74 Å². The van der Waals surface area contributed by atoms with E-state index in [2.05, 4.69) is 9.82 Å². The van der Waals surface area contributed by atoms with Crippen molar-refractivity contribution in [2.24, 2.45) is 0 Å². The molecular weight excluding hydrogens is 452 g/mol. The van der Waals surface area contributed by atoms with Crippen LogP contribution in [0.2, 0.25) is 0 Å². The Bertz CT molecular complexity index is 1520. The molecule has 4 rings (SSSR count). The van der Waals surface area contributed by atoms with Gasteiger partial charge in [-0.15, -0.1) is 0 Å². The first-order chi connectivity index (χ1) is 16.1. The van der Waals surface area contributed by atoms with Crippen LogP contribution in [0.15, 0.2) is 53.6 Å². The van der Waals surface area contributed by atoms with E-state index in [0.717, 1.165) is 27.6 Å². The normalized spacial score (nSPS) is 11.6. The molecule has 0 unspecified atom stereocenters. The van der Waals surface area contributed by atoms with E-state index in [4.69, 9.17) is 9.72 Å². The molecule has 8 nitrogen and oxygen atoms in total. The van der Waals surface area contributed by atoms with E-state index in [1.807, 2.05) is 39.0 Å². The summed E-state index contributed by atoms with van der Waals surface area (Å²) in [5.74, 6) is -0.327. The highest BCUT2D eigenvalue weighted by Crippen LogP contribution is 2.28. The van der Waals surface area contributed by atoms with E-state index >= 15 is 0 Å². The molecule has 0 radical (unpaired) electrons. The van der Waals surface area contributed by atoms with Crippen molar-refractivity contribution in [1.82, 2.24) is 14.8 Å². The van der Waals surface area contributed by atoms with Crippen LogP contribution in [0.5, 0.6) is 0 Å². The Balaban J connectivity index is 1.90. The van der Waals surface area contributed by atoms with Gasteiger partial charge in [0.1, 0.15) is 5.56 Å². The molecule has 0 saturated heterocycles. The highest BCUT2D eigenvalue weighted by Gasteiger charge is 2.26. The van der Waals surface area contributed by atoms with Crippen molar-refractivity contribution in [2.75, 3.05) is 11.3 Å². The summed E-state index contributed by atoms with van der Waals surface area (Å²) in [4.78, 5) is 17.5. The number of para-hydroxylation sites is 1. The number of carbonyl (C=O) groups is 1. The SMILES string of the molecule is CCOC(=O)c1cnn(-c2cc(C)c3cccc(C)c3n2)c1NS(=O)(=O)c1ccc(C)cc1C. The molecule has 176 valence electrons. The number of aryl methyl sites for hydroxylation is 4. The third kappa shape index (κ3) is 4.26. The topological polar surface area (TPSA) is 103 Å². The standard InChI is InChI=1S/C25H26N4O4S/c1-6-33-25(30)20-14-26-29(22-13-17(4)19-9-7-8-16(3)23(19)27-22)24(20)28-34(31,32)21-11-10-15(2)12-18(21)5/h7-14,28H,6H2,1-5H3. The minimum Gasteiger partial charge on any atom is -0.462 e. The van der Waals surface area contributed by atoms with Crippen LogP contribution < -0.4 is 4.72 Å². The minimum absolute atomic E-state index is 0.000441. The summed E-state index contributed by atoms with van der Waals surface area (Å²) in [6, 6.07) is 12.7. The van der Waals surface area contributed by atoms with Crippen molar-refractivity contribution in [1.29, 1.82) is 0 Å². The Kier molecular flexibility index (Phi) is 6.14. The number of nitrogens with zero attached hydrogens (tertiary/aromatic N) is 3. The lowest BCUT2D eigenvalue weighted by atomic mass is 10.1. The molecule has 1 N–H and O–H groups in total. The fourth-order valence-electron chi connectivity index (χ4n) is 3.91. The number of aromatic nitrogens is 3. The molecule has 2 heterocycles. The fourth-order valence-corrected chi connectivity index (χ4v) is 5.20.